The van der Waals surface area contributed by atoms with Crippen molar-refractivity contribution in [3.8, 4) is 0 Å². The van der Waals surface area contributed by atoms with Crippen molar-refractivity contribution in [1.82, 2.24) is 4.72 Å². The van der Waals surface area contributed by atoms with Crippen LogP contribution in [0.2, 0.25) is 10.0 Å². The first-order chi connectivity index (χ1) is 8.92. The quantitative estimate of drug-likeness (QED) is 0.842. The van der Waals surface area contributed by atoms with Crippen LogP contribution < -0.4 is 10.5 Å². The SMILES string of the molecule is Nc1c(Cl)ccc(S(=O)(=O)NCc2cccs2)c1Cl. The summed E-state index contributed by atoms with van der Waals surface area (Å²) in [5, 5.41) is 2.03. The summed E-state index contributed by atoms with van der Waals surface area (Å²) in [5.41, 5.74) is 5.67. The van der Waals surface area contributed by atoms with Crippen LogP contribution in [0.1, 0.15) is 4.88 Å². The highest BCUT2D eigenvalue weighted by atomic mass is 35.5. The zero-order chi connectivity index (χ0) is 14.0. The summed E-state index contributed by atoms with van der Waals surface area (Å²) in [5.74, 6) is 0. The molecule has 0 fully saturated rings. The summed E-state index contributed by atoms with van der Waals surface area (Å²) in [6.45, 7) is 0.207. The number of anilines is 1. The Kier molecular flexibility index (Phi) is 4.37. The molecule has 8 heteroatoms. The van der Waals surface area contributed by atoms with Gasteiger partial charge in [0, 0.05) is 11.4 Å². The van der Waals surface area contributed by atoms with Crippen LogP contribution in [0.4, 0.5) is 5.69 Å². The van der Waals surface area contributed by atoms with Gasteiger partial charge in [0.25, 0.3) is 0 Å². The number of nitrogens with one attached hydrogen (secondary N) is 1. The van der Waals surface area contributed by atoms with Crippen molar-refractivity contribution in [1.29, 1.82) is 0 Å². The van der Waals surface area contributed by atoms with E-state index in [2.05, 4.69) is 4.72 Å². The number of benzene rings is 1. The van der Waals surface area contributed by atoms with E-state index in [0.29, 0.717) is 0 Å². The number of rotatable bonds is 4. The van der Waals surface area contributed by atoms with Gasteiger partial charge in [-0.05, 0) is 23.6 Å². The number of thiophene rings is 1. The molecule has 1 aromatic heterocycles. The van der Waals surface area contributed by atoms with E-state index in [1.807, 2.05) is 17.5 Å². The van der Waals surface area contributed by atoms with Crippen molar-refractivity contribution in [3.05, 3.63) is 44.6 Å². The van der Waals surface area contributed by atoms with Crippen LogP contribution in [0.15, 0.2) is 34.5 Å². The highest BCUT2D eigenvalue weighted by molar-refractivity contribution is 7.89. The standard InChI is InChI=1S/C11H10Cl2N2O2S2/c12-8-3-4-9(10(13)11(8)14)19(16,17)15-6-7-2-1-5-18-7/h1-5,15H,6,14H2. The fraction of sp³-hybridized carbons (Fsp3) is 0.0909. The largest absolute Gasteiger partial charge is 0.396 e. The van der Waals surface area contributed by atoms with E-state index in [4.69, 9.17) is 28.9 Å². The van der Waals surface area contributed by atoms with Crippen molar-refractivity contribution < 1.29 is 8.42 Å². The number of sulfonamides is 1. The van der Waals surface area contributed by atoms with Crippen molar-refractivity contribution in [2.45, 2.75) is 11.4 Å². The molecular weight excluding hydrogens is 327 g/mol. The first kappa shape index (κ1) is 14.6. The molecule has 0 unspecified atom stereocenters. The molecule has 102 valence electrons. The van der Waals surface area contributed by atoms with Gasteiger partial charge in [0.2, 0.25) is 10.0 Å². The molecule has 3 N–H and O–H groups in total. The lowest BCUT2D eigenvalue weighted by Crippen LogP contribution is -2.23. The highest BCUT2D eigenvalue weighted by Gasteiger charge is 2.20. The molecule has 0 aliphatic rings. The fourth-order valence-corrected chi connectivity index (χ4v) is 3.92. The van der Waals surface area contributed by atoms with Gasteiger partial charge in [0.05, 0.1) is 15.7 Å². The van der Waals surface area contributed by atoms with Gasteiger partial charge < -0.3 is 5.73 Å². The van der Waals surface area contributed by atoms with Crippen LogP contribution in [0.25, 0.3) is 0 Å². The average molecular weight is 337 g/mol. The molecule has 4 nitrogen and oxygen atoms in total. The Morgan fingerprint density at radius 1 is 1.26 bits per heavy atom. The predicted molar refractivity (Wildman–Crippen MR) is 79.2 cm³/mol. The van der Waals surface area contributed by atoms with Gasteiger partial charge in [-0.25, -0.2) is 13.1 Å². The molecule has 0 spiro atoms. The number of halogens is 2. The lowest BCUT2D eigenvalue weighted by molar-refractivity contribution is 0.582. The first-order valence-corrected chi connectivity index (χ1v) is 8.29. The van der Waals surface area contributed by atoms with E-state index in [9.17, 15) is 8.42 Å². The Morgan fingerprint density at radius 3 is 2.63 bits per heavy atom. The Labute approximate surface area is 125 Å². The Balaban J connectivity index is 2.27. The maximum absolute atomic E-state index is 12.1. The van der Waals surface area contributed by atoms with Crippen LogP contribution in [-0.4, -0.2) is 8.42 Å². The molecule has 2 aromatic rings. The molecule has 0 aliphatic heterocycles. The van der Waals surface area contributed by atoms with Crippen LogP contribution in [0, 0.1) is 0 Å². The number of nitrogens with two attached hydrogens (primary N) is 1. The first-order valence-electron chi connectivity index (χ1n) is 5.17. The van der Waals surface area contributed by atoms with Crippen molar-refractivity contribution in [2.24, 2.45) is 0 Å². The fourth-order valence-electron chi connectivity index (χ4n) is 1.41. The summed E-state index contributed by atoms with van der Waals surface area (Å²) >= 11 is 13.2. The van der Waals surface area contributed by atoms with Gasteiger partial charge in [0.15, 0.2) is 0 Å². The van der Waals surface area contributed by atoms with Crippen LogP contribution >= 0.6 is 34.5 Å². The van der Waals surface area contributed by atoms with Gasteiger partial charge in [-0.2, -0.15) is 0 Å². The highest BCUT2D eigenvalue weighted by Crippen LogP contribution is 2.33. The Morgan fingerprint density at radius 2 is 2.00 bits per heavy atom. The lowest BCUT2D eigenvalue weighted by atomic mass is 10.3. The predicted octanol–water partition coefficient (Wildman–Crippen LogP) is 3.12. The van der Waals surface area contributed by atoms with E-state index in [-0.39, 0.29) is 27.2 Å². The molecule has 0 amide bonds. The molecule has 19 heavy (non-hydrogen) atoms. The third kappa shape index (κ3) is 3.21. The third-order valence-electron chi connectivity index (χ3n) is 2.40. The topological polar surface area (TPSA) is 72.2 Å². The van der Waals surface area contributed by atoms with E-state index in [0.717, 1.165) is 4.88 Å². The molecule has 2 rings (SSSR count). The molecule has 0 bridgehead atoms. The zero-order valence-electron chi connectivity index (χ0n) is 9.56. The molecule has 1 aromatic carbocycles. The van der Waals surface area contributed by atoms with Crippen molar-refractivity contribution in [2.75, 3.05) is 5.73 Å². The minimum atomic E-state index is -3.72. The average Bonchev–Trinajstić information content (AvgIpc) is 2.86. The Hall–Kier alpha value is -0.790. The summed E-state index contributed by atoms with van der Waals surface area (Å²) in [4.78, 5) is 0.828. The molecule has 0 saturated heterocycles. The molecule has 0 atom stereocenters. The normalized spacial score (nSPS) is 11.7. The third-order valence-corrected chi connectivity index (χ3v) is 5.57. The summed E-state index contributed by atoms with van der Waals surface area (Å²) < 4.78 is 26.7. The maximum atomic E-state index is 12.1. The van der Waals surface area contributed by atoms with E-state index < -0.39 is 10.0 Å². The zero-order valence-corrected chi connectivity index (χ0v) is 12.7. The van der Waals surface area contributed by atoms with E-state index >= 15 is 0 Å². The second kappa shape index (κ2) is 5.68. The van der Waals surface area contributed by atoms with E-state index in [1.165, 1.54) is 23.5 Å². The molecule has 0 radical (unpaired) electrons. The second-order valence-corrected chi connectivity index (χ2v) is 7.23. The molecule has 1 heterocycles. The monoisotopic (exact) mass is 336 g/mol. The van der Waals surface area contributed by atoms with Crippen molar-refractivity contribution >= 4 is 50.2 Å². The smallest absolute Gasteiger partial charge is 0.242 e. The number of nitrogen functional groups attached to an aromatic ring is 1. The van der Waals surface area contributed by atoms with E-state index in [1.54, 1.807) is 0 Å². The number of hydrogen-bond donors (Lipinski definition) is 2. The molecule has 0 aliphatic carbocycles. The maximum Gasteiger partial charge on any atom is 0.242 e. The Bertz CT molecular complexity index is 685. The molecule has 0 saturated carbocycles. The van der Waals surface area contributed by atoms with Gasteiger partial charge in [-0.15, -0.1) is 11.3 Å². The minimum Gasteiger partial charge on any atom is -0.396 e. The van der Waals surface area contributed by atoms with Gasteiger partial charge in [0.1, 0.15) is 4.90 Å². The van der Waals surface area contributed by atoms with Gasteiger partial charge in [-0.1, -0.05) is 29.3 Å². The second-order valence-electron chi connectivity index (χ2n) is 3.68. The summed E-state index contributed by atoms with van der Waals surface area (Å²) in [7, 11) is -3.72. The number of hydrogen-bond acceptors (Lipinski definition) is 4. The summed E-state index contributed by atoms with van der Waals surface area (Å²) in [6.07, 6.45) is 0. The molecular formula is C11H10Cl2N2O2S2. The summed E-state index contributed by atoms with van der Waals surface area (Å²) in [6, 6.07) is 6.42. The van der Waals surface area contributed by atoms with Crippen LogP contribution in [-0.2, 0) is 16.6 Å². The van der Waals surface area contributed by atoms with Crippen LogP contribution in [0.3, 0.4) is 0 Å². The van der Waals surface area contributed by atoms with Gasteiger partial charge in [-0.3, -0.25) is 0 Å². The van der Waals surface area contributed by atoms with Crippen molar-refractivity contribution in [3.63, 3.8) is 0 Å². The lowest BCUT2D eigenvalue weighted by Gasteiger charge is -2.10. The minimum absolute atomic E-state index is 0.0577. The van der Waals surface area contributed by atoms with Crippen LogP contribution in [0.5, 0.6) is 0 Å². The van der Waals surface area contributed by atoms with Gasteiger partial charge >= 0.3 is 0 Å².